The Kier molecular flexibility index (Phi) is 11.0. The highest BCUT2D eigenvalue weighted by molar-refractivity contribution is 5.94. The van der Waals surface area contributed by atoms with Gasteiger partial charge >= 0.3 is 6.18 Å². The summed E-state index contributed by atoms with van der Waals surface area (Å²) in [6.45, 7) is 2.47. The van der Waals surface area contributed by atoms with Gasteiger partial charge in [0.1, 0.15) is 11.9 Å². The number of benzene rings is 2. The molecule has 0 bridgehead atoms. The molecule has 2 N–H and O–H groups in total. The second kappa shape index (κ2) is 14.2. The van der Waals surface area contributed by atoms with Gasteiger partial charge in [0, 0.05) is 25.6 Å². The molecule has 0 aliphatic heterocycles. The third-order valence-corrected chi connectivity index (χ3v) is 6.58. The van der Waals surface area contributed by atoms with E-state index in [-0.39, 0.29) is 12.0 Å². The fraction of sp³-hybridized carbons (Fsp3) is 0.433. The number of aliphatic hydroxyl groups excluding tert-OH is 1. The Morgan fingerprint density at radius 2 is 1.63 bits per heavy atom. The first-order valence-electron chi connectivity index (χ1n) is 13.0. The number of hydrogen-bond acceptors (Lipinski definition) is 4. The molecular weight excluding hydrogens is 495 g/mol. The second-order valence-corrected chi connectivity index (χ2v) is 9.37. The molecule has 38 heavy (non-hydrogen) atoms. The molecule has 0 spiro atoms. The van der Waals surface area contributed by atoms with E-state index in [1.54, 1.807) is 0 Å². The zero-order valence-corrected chi connectivity index (χ0v) is 21.9. The van der Waals surface area contributed by atoms with Crippen LogP contribution in [0.15, 0.2) is 71.8 Å². The first kappa shape index (κ1) is 29.5. The van der Waals surface area contributed by atoms with Crippen LogP contribution in [-0.4, -0.2) is 37.1 Å². The van der Waals surface area contributed by atoms with Gasteiger partial charge in [-0.15, -0.1) is 0 Å². The Morgan fingerprint density at radius 3 is 2.18 bits per heavy atom. The maximum atomic E-state index is 12.9. The van der Waals surface area contributed by atoms with Gasteiger partial charge in [-0.25, -0.2) is 0 Å². The van der Waals surface area contributed by atoms with Gasteiger partial charge in [0.05, 0.1) is 5.56 Å². The molecular formula is C30H36F3NO4. The van der Waals surface area contributed by atoms with Crippen LogP contribution in [0.3, 0.4) is 0 Å². The number of halogens is 3. The molecule has 0 saturated carbocycles. The molecule has 2 atom stereocenters. The van der Waals surface area contributed by atoms with Crippen molar-refractivity contribution in [3.8, 4) is 16.9 Å². The maximum Gasteiger partial charge on any atom is 0.416 e. The molecule has 3 rings (SSSR count). The number of carbonyl (C=O) groups is 1. The summed E-state index contributed by atoms with van der Waals surface area (Å²) in [5, 5.41) is 12.3. The van der Waals surface area contributed by atoms with Gasteiger partial charge in [-0.2, -0.15) is 13.2 Å². The number of methoxy groups -OCH3 is 1. The molecule has 206 valence electrons. The lowest BCUT2D eigenvalue weighted by Gasteiger charge is -2.25. The lowest BCUT2D eigenvalue weighted by Crippen LogP contribution is -2.30. The normalized spacial score (nSPS) is 15.3. The van der Waals surface area contributed by atoms with Crippen LogP contribution >= 0.6 is 0 Å². The lowest BCUT2D eigenvalue weighted by atomic mass is 9.92. The third-order valence-electron chi connectivity index (χ3n) is 6.58. The van der Waals surface area contributed by atoms with Crippen molar-refractivity contribution < 1.29 is 32.5 Å². The zero-order chi connectivity index (χ0) is 27.5. The molecule has 1 amide bonds. The Balaban J connectivity index is 1.66. The van der Waals surface area contributed by atoms with E-state index in [2.05, 4.69) is 12.2 Å². The van der Waals surface area contributed by atoms with Gasteiger partial charge < -0.3 is 19.9 Å². The molecule has 2 aromatic rings. The van der Waals surface area contributed by atoms with Crippen molar-refractivity contribution in [2.24, 2.45) is 0 Å². The number of nitrogens with one attached hydrogen (secondary N) is 1. The molecule has 0 saturated heterocycles. The maximum absolute atomic E-state index is 12.9. The average molecular weight is 532 g/mol. The lowest BCUT2D eigenvalue weighted by molar-refractivity contribution is -0.137. The van der Waals surface area contributed by atoms with Crippen LogP contribution in [0.5, 0.6) is 5.75 Å². The van der Waals surface area contributed by atoms with Gasteiger partial charge in [0.15, 0.2) is 6.29 Å². The Morgan fingerprint density at radius 1 is 0.974 bits per heavy atom. The van der Waals surface area contributed by atoms with Crippen LogP contribution in [-0.2, 0) is 15.7 Å². The van der Waals surface area contributed by atoms with E-state index in [0.717, 1.165) is 49.0 Å². The summed E-state index contributed by atoms with van der Waals surface area (Å²) in [6.07, 6.45) is 4.11. The molecule has 8 heteroatoms. The van der Waals surface area contributed by atoms with Crippen LogP contribution in [0.4, 0.5) is 13.2 Å². The number of allylic oxidation sites excluding steroid dienone is 2. The van der Waals surface area contributed by atoms with Crippen molar-refractivity contribution >= 4 is 5.91 Å². The summed E-state index contributed by atoms with van der Waals surface area (Å²) in [4.78, 5) is 12.4. The largest absolute Gasteiger partial charge is 0.486 e. The Bertz CT molecular complexity index is 1090. The highest BCUT2D eigenvalue weighted by Crippen LogP contribution is 2.32. The van der Waals surface area contributed by atoms with Gasteiger partial charge in [-0.3, -0.25) is 4.79 Å². The molecule has 0 heterocycles. The van der Waals surface area contributed by atoms with Crippen LogP contribution in [0, 0.1) is 0 Å². The van der Waals surface area contributed by atoms with E-state index in [0.29, 0.717) is 42.7 Å². The molecule has 0 fully saturated rings. The topological polar surface area (TPSA) is 67.8 Å². The third kappa shape index (κ3) is 8.74. The number of alkyl halides is 3. The molecule has 1 aliphatic rings. The minimum absolute atomic E-state index is 0.129. The smallest absolute Gasteiger partial charge is 0.416 e. The number of hydrogen-bond donors (Lipinski definition) is 2. The van der Waals surface area contributed by atoms with Crippen molar-refractivity contribution in [1.29, 1.82) is 0 Å². The van der Waals surface area contributed by atoms with Gasteiger partial charge in [0.25, 0.3) is 0 Å². The van der Waals surface area contributed by atoms with Crippen LogP contribution < -0.4 is 10.1 Å². The number of ether oxygens (including phenoxy) is 2. The number of aliphatic hydroxyl groups is 1. The summed E-state index contributed by atoms with van der Waals surface area (Å²) >= 11 is 0. The van der Waals surface area contributed by atoms with Crippen LogP contribution in [0.25, 0.3) is 11.1 Å². The monoisotopic (exact) mass is 531 g/mol. The van der Waals surface area contributed by atoms with E-state index >= 15 is 0 Å². The fourth-order valence-corrected chi connectivity index (χ4v) is 4.29. The SMILES string of the molecule is CCCCCC(Oc1ccc(-c2ccc(C(F)(F)F)cc2)cc1)C1=CC=C(C(=O)NCCC(O)OC)CC1. The molecule has 0 radical (unpaired) electrons. The van der Waals surface area contributed by atoms with Gasteiger partial charge in [0.2, 0.25) is 5.91 Å². The summed E-state index contributed by atoms with van der Waals surface area (Å²) in [5.41, 5.74) is 2.65. The molecule has 5 nitrogen and oxygen atoms in total. The van der Waals surface area contributed by atoms with Crippen molar-refractivity contribution in [2.45, 2.75) is 70.4 Å². The van der Waals surface area contributed by atoms with E-state index < -0.39 is 18.0 Å². The predicted molar refractivity (Wildman–Crippen MR) is 141 cm³/mol. The molecule has 1 aliphatic carbocycles. The average Bonchev–Trinajstić information content (AvgIpc) is 2.92. The minimum Gasteiger partial charge on any atom is -0.486 e. The minimum atomic E-state index is -4.36. The van der Waals surface area contributed by atoms with Crippen molar-refractivity contribution in [3.63, 3.8) is 0 Å². The summed E-state index contributed by atoms with van der Waals surface area (Å²) in [6, 6.07) is 12.5. The second-order valence-electron chi connectivity index (χ2n) is 9.37. The fourth-order valence-electron chi connectivity index (χ4n) is 4.29. The number of amides is 1. The zero-order valence-electron chi connectivity index (χ0n) is 21.9. The molecule has 2 aromatic carbocycles. The summed E-state index contributed by atoms with van der Waals surface area (Å²) < 4.78 is 49.7. The standard InChI is InChI=1S/C30H36F3NO4/c1-3-4-5-6-27(23-7-9-24(10-8-23)29(36)34-20-19-28(35)37-2)38-26-17-13-22(14-18-26)21-11-15-25(16-12-21)30(31,32)33/h7,9,11-18,27-28,35H,3-6,8,10,19-20H2,1-2H3,(H,34,36). The van der Waals surface area contributed by atoms with Crippen molar-refractivity contribution in [1.82, 2.24) is 5.32 Å². The highest BCUT2D eigenvalue weighted by Gasteiger charge is 2.30. The van der Waals surface area contributed by atoms with Crippen molar-refractivity contribution in [3.05, 3.63) is 77.4 Å². The van der Waals surface area contributed by atoms with Gasteiger partial charge in [-0.05, 0) is 66.6 Å². The highest BCUT2D eigenvalue weighted by atomic mass is 19.4. The van der Waals surface area contributed by atoms with Crippen molar-refractivity contribution in [2.75, 3.05) is 13.7 Å². The van der Waals surface area contributed by atoms with E-state index in [1.807, 2.05) is 36.4 Å². The van der Waals surface area contributed by atoms with Gasteiger partial charge in [-0.1, -0.05) is 56.2 Å². The number of unbranched alkanes of at least 4 members (excludes halogenated alkanes) is 2. The van der Waals surface area contributed by atoms with Crippen LogP contribution in [0.2, 0.25) is 0 Å². The summed E-state index contributed by atoms with van der Waals surface area (Å²) in [7, 11) is 1.41. The van der Waals surface area contributed by atoms with Crippen LogP contribution in [0.1, 0.15) is 57.4 Å². The Labute approximate surface area is 222 Å². The van der Waals surface area contributed by atoms with E-state index in [9.17, 15) is 23.1 Å². The molecule has 0 aromatic heterocycles. The predicted octanol–water partition coefficient (Wildman–Crippen LogP) is 6.82. The summed E-state index contributed by atoms with van der Waals surface area (Å²) in [5.74, 6) is 0.540. The molecule has 2 unspecified atom stereocenters. The number of rotatable bonds is 13. The van der Waals surface area contributed by atoms with E-state index in [1.165, 1.54) is 19.2 Å². The number of carbonyl (C=O) groups excluding carboxylic acids is 1. The quantitative estimate of drug-likeness (QED) is 0.220. The Hall–Kier alpha value is -3.10. The van der Waals surface area contributed by atoms with E-state index in [4.69, 9.17) is 9.47 Å². The first-order chi connectivity index (χ1) is 18.2. The first-order valence-corrected chi connectivity index (χ1v) is 13.0.